The van der Waals surface area contributed by atoms with E-state index in [0.717, 1.165) is 49.2 Å². The van der Waals surface area contributed by atoms with Crippen LogP contribution in [0, 0.1) is 5.41 Å². The second kappa shape index (κ2) is 13.9. The van der Waals surface area contributed by atoms with Crippen LogP contribution in [0.15, 0.2) is 78.0 Å². The minimum absolute atomic E-state index is 0.0472. The second-order valence-electron chi connectivity index (χ2n) is 9.29. The fourth-order valence-electron chi connectivity index (χ4n) is 4.23. The number of hydrogen-bond donors (Lipinski definition) is 2. The fraction of sp³-hybridized carbons (Fsp3) is 0.367. The highest BCUT2D eigenvalue weighted by Gasteiger charge is 2.38. The average Bonchev–Trinajstić information content (AvgIpc) is 3.40. The zero-order valence-electron chi connectivity index (χ0n) is 22.6. The molecule has 5 nitrogen and oxygen atoms in total. The van der Waals surface area contributed by atoms with E-state index in [0.29, 0.717) is 28.9 Å². The van der Waals surface area contributed by atoms with Gasteiger partial charge in [-0.25, -0.2) is 4.98 Å². The van der Waals surface area contributed by atoms with Crippen LogP contribution in [0.3, 0.4) is 0 Å². The highest BCUT2D eigenvalue weighted by molar-refractivity contribution is 6.08. The van der Waals surface area contributed by atoms with Gasteiger partial charge in [0.1, 0.15) is 5.82 Å². The third-order valence-corrected chi connectivity index (χ3v) is 6.19. The Labute approximate surface area is 223 Å². The van der Waals surface area contributed by atoms with Crippen LogP contribution >= 0.6 is 0 Å². The Kier molecular flexibility index (Phi) is 11.2. The summed E-state index contributed by atoms with van der Waals surface area (Å²) in [5, 5.41) is 3.41. The Morgan fingerprint density at radius 1 is 1.26 bits per heavy atom. The molecule has 1 atom stereocenters. The molecule has 2 aromatic rings. The average molecular weight is 527 g/mol. The Morgan fingerprint density at radius 2 is 2.00 bits per heavy atom. The first kappa shape index (κ1) is 30.7. The first-order valence-corrected chi connectivity index (χ1v) is 12.6. The molecule has 1 aliphatic carbocycles. The number of aliphatic imine (C=N–C) groups is 1. The molecule has 0 saturated heterocycles. The molecule has 204 valence electrons. The maximum Gasteiger partial charge on any atom is 0.416 e. The highest BCUT2D eigenvalue weighted by atomic mass is 19.4. The lowest BCUT2D eigenvalue weighted by Crippen LogP contribution is -2.25. The number of hydrogen-bond acceptors (Lipinski definition) is 4. The summed E-state index contributed by atoms with van der Waals surface area (Å²) in [4.78, 5) is 23.0. The van der Waals surface area contributed by atoms with E-state index in [1.54, 1.807) is 12.3 Å². The van der Waals surface area contributed by atoms with Crippen molar-refractivity contribution in [2.24, 2.45) is 10.4 Å². The number of nitrogens with one attached hydrogen (secondary N) is 2. The molecule has 0 bridgehead atoms. The van der Waals surface area contributed by atoms with Crippen molar-refractivity contribution in [2.75, 3.05) is 13.1 Å². The number of fused-ring (bicyclic) bond motifs is 1. The van der Waals surface area contributed by atoms with Gasteiger partial charge in [0.25, 0.3) is 0 Å². The molecule has 1 aromatic heterocycles. The number of aromatic amines is 1. The van der Waals surface area contributed by atoms with Crippen LogP contribution in [-0.2, 0) is 11.0 Å². The van der Waals surface area contributed by atoms with Gasteiger partial charge < -0.3 is 10.3 Å². The minimum atomic E-state index is -4.37. The smallest absolute Gasteiger partial charge is 0.338 e. The summed E-state index contributed by atoms with van der Waals surface area (Å²) in [6.07, 6.45) is 8.90. The first-order valence-electron chi connectivity index (χ1n) is 12.6. The summed E-state index contributed by atoms with van der Waals surface area (Å²) in [5.41, 5.74) is 2.47. The number of carbonyl (C=O) groups excluding carboxylic acids is 1. The number of Topliss-reactive ketones (excluding diaryl/α,β-unsaturated/α-hetero) is 1. The van der Waals surface area contributed by atoms with E-state index < -0.39 is 11.7 Å². The van der Waals surface area contributed by atoms with Crippen LogP contribution in [0.5, 0.6) is 0 Å². The number of ketones is 1. The van der Waals surface area contributed by atoms with Crippen LogP contribution in [0.25, 0.3) is 16.6 Å². The molecule has 1 aliphatic rings. The molecule has 0 aliphatic heterocycles. The van der Waals surface area contributed by atoms with E-state index in [1.165, 1.54) is 12.3 Å². The van der Waals surface area contributed by atoms with Crippen molar-refractivity contribution in [1.82, 2.24) is 15.3 Å². The summed E-state index contributed by atoms with van der Waals surface area (Å²) in [6.45, 7) is 17.7. The predicted octanol–water partition coefficient (Wildman–Crippen LogP) is 7.61. The molecular formula is C30H37F3N4O. The third-order valence-electron chi connectivity index (χ3n) is 6.19. The monoisotopic (exact) mass is 526 g/mol. The first-order chi connectivity index (χ1) is 18.0. The van der Waals surface area contributed by atoms with Crippen LogP contribution < -0.4 is 5.32 Å². The Hall–Kier alpha value is -3.52. The van der Waals surface area contributed by atoms with Crippen molar-refractivity contribution in [1.29, 1.82) is 0 Å². The number of H-pyrrole nitrogens is 1. The Morgan fingerprint density at radius 3 is 2.61 bits per heavy atom. The molecule has 1 aromatic carbocycles. The van der Waals surface area contributed by atoms with E-state index in [1.807, 2.05) is 32.1 Å². The van der Waals surface area contributed by atoms with Crippen molar-refractivity contribution < 1.29 is 18.0 Å². The second-order valence-corrected chi connectivity index (χ2v) is 9.29. The molecular weight excluding hydrogens is 489 g/mol. The zero-order chi connectivity index (χ0) is 28.3. The molecule has 0 amide bonds. The van der Waals surface area contributed by atoms with Gasteiger partial charge in [-0.2, -0.15) is 13.2 Å². The summed E-state index contributed by atoms with van der Waals surface area (Å²) in [6, 6.07) is 3.36. The molecule has 2 N–H and O–H groups in total. The van der Waals surface area contributed by atoms with Crippen LogP contribution in [0.1, 0.15) is 58.3 Å². The summed E-state index contributed by atoms with van der Waals surface area (Å²) < 4.78 is 37.8. The molecule has 0 spiro atoms. The van der Waals surface area contributed by atoms with Crippen molar-refractivity contribution >= 4 is 28.6 Å². The normalized spacial score (nSPS) is 18.2. The minimum Gasteiger partial charge on any atom is -0.338 e. The number of allylic oxidation sites excluding steroid dienone is 7. The Bertz CT molecular complexity index is 1260. The third kappa shape index (κ3) is 7.99. The van der Waals surface area contributed by atoms with E-state index in [-0.39, 0.29) is 11.2 Å². The van der Waals surface area contributed by atoms with Crippen LogP contribution in [0.2, 0.25) is 0 Å². The van der Waals surface area contributed by atoms with Gasteiger partial charge in [-0.05, 0) is 63.6 Å². The number of halogens is 3. The lowest BCUT2D eigenvalue weighted by molar-refractivity contribution is -0.137. The summed E-state index contributed by atoms with van der Waals surface area (Å²) >= 11 is 0. The van der Waals surface area contributed by atoms with Gasteiger partial charge in [0.2, 0.25) is 0 Å². The van der Waals surface area contributed by atoms with Gasteiger partial charge in [-0.3, -0.25) is 9.79 Å². The number of carbonyl (C=O) groups is 1. The number of aromatic nitrogens is 2. The molecule has 38 heavy (non-hydrogen) atoms. The largest absolute Gasteiger partial charge is 0.416 e. The SMILES string of the molecule is C=C(C=N/C=C\C)c1nc2ccc(C(F)(F)F)cc2[nH]1.C=CC1=C(/C=C\C)C(=O)CC1(C)CCNCCC. The maximum atomic E-state index is 12.6. The van der Waals surface area contributed by atoms with Gasteiger partial charge in [-0.1, -0.05) is 51.3 Å². The van der Waals surface area contributed by atoms with E-state index in [4.69, 9.17) is 0 Å². The number of rotatable bonds is 10. The van der Waals surface area contributed by atoms with Crippen molar-refractivity contribution in [3.8, 4) is 0 Å². The molecule has 1 unspecified atom stereocenters. The quantitative estimate of drug-likeness (QED) is 0.247. The molecule has 8 heteroatoms. The van der Waals surface area contributed by atoms with Gasteiger partial charge in [0, 0.05) is 35.4 Å². The van der Waals surface area contributed by atoms with Gasteiger partial charge in [0.05, 0.1) is 16.6 Å². The van der Waals surface area contributed by atoms with Gasteiger partial charge >= 0.3 is 6.18 Å². The highest BCUT2D eigenvalue weighted by Crippen LogP contribution is 2.44. The van der Waals surface area contributed by atoms with E-state index >= 15 is 0 Å². The molecule has 0 fully saturated rings. The van der Waals surface area contributed by atoms with E-state index in [2.05, 4.69) is 47.3 Å². The van der Waals surface area contributed by atoms with Crippen molar-refractivity contribution in [2.45, 2.75) is 53.1 Å². The molecule has 0 saturated carbocycles. The van der Waals surface area contributed by atoms with Crippen molar-refractivity contribution in [3.63, 3.8) is 0 Å². The standard InChI is InChI=1S/C16H25NO.C14H12F3N3/c1-5-8-13-14(7-3)16(4,12-15(13)18)9-11-17-10-6-2;1-3-6-18-8-9(2)13-19-11-5-4-10(14(15,16)17)7-12(11)20-13/h5,7-8,17H,3,6,9-12H2,1-2,4H3;3-8H,2H2,1H3,(H,19,20)/b8-5-;6-3-,18-8?. The fourth-order valence-corrected chi connectivity index (χ4v) is 4.23. The van der Waals surface area contributed by atoms with Crippen LogP contribution in [-0.4, -0.2) is 35.1 Å². The maximum absolute atomic E-state index is 12.6. The lowest BCUT2D eigenvalue weighted by atomic mass is 9.79. The summed E-state index contributed by atoms with van der Waals surface area (Å²) in [7, 11) is 0. The molecule has 3 rings (SSSR count). The lowest BCUT2D eigenvalue weighted by Gasteiger charge is -2.25. The van der Waals surface area contributed by atoms with Gasteiger partial charge in [-0.15, -0.1) is 0 Å². The number of alkyl halides is 3. The summed E-state index contributed by atoms with van der Waals surface area (Å²) in [5.74, 6) is 0.647. The molecule has 0 radical (unpaired) electrons. The number of benzene rings is 1. The topological polar surface area (TPSA) is 70.1 Å². The van der Waals surface area contributed by atoms with Crippen LogP contribution in [0.4, 0.5) is 13.2 Å². The Balaban J connectivity index is 0.000000269. The zero-order valence-corrected chi connectivity index (χ0v) is 22.6. The molecule has 1 heterocycles. The predicted molar refractivity (Wildman–Crippen MR) is 151 cm³/mol. The number of imidazole rings is 1. The van der Waals surface area contributed by atoms with E-state index in [9.17, 15) is 18.0 Å². The van der Waals surface area contributed by atoms with Gasteiger partial charge in [0.15, 0.2) is 5.78 Å². The number of nitrogens with zero attached hydrogens (tertiary/aromatic N) is 2. The van der Waals surface area contributed by atoms with Crippen molar-refractivity contribution in [3.05, 3.63) is 84.4 Å².